The zero-order valence-electron chi connectivity index (χ0n) is 9.06. The van der Waals surface area contributed by atoms with Crippen LogP contribution in [0.5, 0.6) is 11.5 Å². The maximum Gasteiger partial charge on any atom is 0.335 e. The molecule has 0 aliphatic rings. The van der Waals surface area contributed by atoms with Crippen molar-refractivity contribution in [1.29, 1.82) is 0 Å². The molecule has 0 heterocycles. The summed E-state index contributed by atoms with van der Waals surface area (Å²) in [6.07, 6.45) is 0. The van der Waals surface area contributed by atoms with E-state index >= 15 is 0 Å². The number of ether oxygens (including phenoxy) is 1. The van der Waals surface area contributed by atoms with Gasteiger partial charge in [-0.05, 0) is 58.4 Å². The Bertz CT molecular complexity index is 581. The fraction of sp³-hybridized carbons (Fsp3) is 0. The first-order valence-corrected chi connectivity index (χ1v) is 5.82. The Morgan fingerprint density at radius 3 is 2.28 bits per heavy atom. The van der Waals surface area contributed by atoms with Gasteiger partial charge in [-0.2, -0.15) is 0 Å². The van der Waals surface area contributed by atoms with Gasteiger partial charge in [0.05, 0.1) is 10.0 Å². The van der Waals surface area contributed by atoms with Crippen molar-refractivity contribution in [2.45, 2.75) is 0 Å². The lowest BCUT2D eigenvalue weighted by atomic mass is 10.2. The maximum atomic E-state index is 13.0. The predicted octanol–water partition coefficient (Wildman–Crippen LogP) is 4.08. The third-order valence-electron chi connectivity index (χ3n) is 2.23. The minimum absolute atomic E-state index is 0.183. The second-order valence-electron chi connectivity index (χ2n) is 3.51. The standard InChI is InChI=1S/C13H8BrFO3/c14-11-7-10(5-6-12(11)15)18-9-3-1-8(2-4-9)13(16)17/h1-7H,(H,16,17). The summed E-state index contributed by atoms with van der Waals surface area (Å²) in [4.78, 5) is 10.7. The summed E-state index contributed by atoms with van der Waals surface area (Å²) in [6, 6.07) is 10.2. The van der Waals surface area contributed by atoms with Crippen LogP contribution in [0.1, 0.15) is 10.4 Å². The molecule has 0 amide bonds. The Labute approximate surface area is 111 Å². The number of rotatable bonds is 3. The summed E-state index contributed by atoms with van der Waals surface area (Å²) in [7, 11) is 0. The largest absolute Gasteiger partial charge is 0.478 e. The van der Waals surface area contributed by atoms with Crippen molar-refractivity contribution >= 4 is 21.9 Å². The molecule has 0 fully saturated rings. The third kappa shape index (κ3) is 2.87. The number of carbonyl (C=O) groups is 1. The molecule has 0 atom stereocenters. The van der Waals surface area contributed by atoms with Gasteiger partial charge in [-0.3, -0.25) is 0 Å². The summed E-state index contributed by atoms with van der Waals surface area (Å²) in [5, 5.41) is 8.74. The normalized spacial score (nSPS) is 10.1. The lowest BCUT2D eigenvalue weighted by molar-refractivity contribution is 0.0697. The van der Waals surface area contributed by atoms with Crippen molar-refractivity contribution in [3.05, 3.63) is 58.3 Å². The molecule has 0 bridgehead atoms. The zero-order chi connectivity index (χ0) is 13.1. The van der Waals surface area contributed by atoms with E-state index in [2.05, 4.69) is 15.9 Å². The number of benzene rings is 2. The molecule has 0 saturated carbocycles. The molecule has 2 aromatic rings. The van der Waals surface area contributed by atoms with Gasteiger partial charge < -0.3 is 9.84 Å². The minimum Gasteiger partial charge on any atom is -0.478 e. The predicted molar refractivity (Wildman–Crippen MR) is 67.6 cm³/mol. The molecule has 2 aromatic carbocycles. The van der Waals surface area contributed by atoms with Crippen LogP contribution in [0.4, 0.5) is 4.39 Å². The molecule has 0 spiro atoms. The van der Waals surface area contributed by atoms with E-state index in [9.17, 15) is 9.18 Å². The molecule has 0 saturated heterocycles. The smallest absolute Gasteiger partial charge is 0.335 e. The average molecular weight is 311 g/mol. The molecular formula is C13H8BrFO3. The highest BCUT2D eigenvalue weighted by atomic mass is 79.9. The number of carboxylic acid groups (broad SMARTS) is 1. The monoisotopic (exact) mass is 310 g/mol. The van der Waals surface area contributed by atoms with E-state index in [0.717, 1.165) is 0 Å². The van der Waals surface area contributed by atoms with Crippen LogP contribution in [-0.2, 0) is 0 Å². The fourth-order valence-corrected chi connectivity index (χ4v) is 1.70. The molecule has 0 unspecified atom stereocenters. The van der Waals surface area contributed by atoms with E-state index in [0.29, 0.717) is 16.0 Å². The Hall–Kier alpha value is -1.88. The number of hydrogen-bond donors (Lipinski definition) is 1. The van der Waals surface area contributed by atoms with Crippen LogP contribution in [0.3, 0.4) is 0 Å². The van der Waals surface area contributed by atoms with Crippen LogP contribution >= 0.6 is 15.9 Å². The molecule has 5 heteroatoms. The number of aromatic carboxylic acids is 1. The van der Waals surface area contributed by atoms with Crippen molar-refractivity contribution < 1.29 is 19.0 Å². The van der Waals surface area contributed by atoms with Crippen LogP contribution in [0, 0.1) is 5.82 Å². The van der Waals surface area contributed by atoms with Gasteiger partial charge in [0, 0.05) is 0 Å². The fourth-order valence-electron chi connectivity index (χ4n) is 1.34. The van der Waals surface area contributed by atoms with Gasteiger partial charge in [0.2, 0.25) is 0 Å². The van der Waals surface area contributed by atoms with Crippen LogP contribution in [0.25, 0.3) is 0 Å². The first kappa shape index (κ1) is 12.6. The minimum atomic E-state index is -0.994. The van der Waals surface area contributed by atoms with Crippen LogP contribution in [-0.4, -0.2) is 11.1 Å². The van der Waals surface area contributed by atoms with Gasteiger partial charge in [0.25, 0.3) is 0 Å². The van der Waals surface area contributed by atoms with Crippen LogP contribution < -0.4 is 4.74 Å². The van der Waals surface area contributed by atoms with Gasteiger partial charge in [0.1, 0.15) is 17.3 Å². The number of carboxylic acids is 1. The molecule has 92 valence electrons. The quantitative estimate of drug-likeness (QED) is 0.929. The van der Waals surface area contributed by atoms with E-state index in [1.807, 2.05) is 0 Å². The number of halogens is 2. The maximum absolute atomic E-state index is 13.0. The van der Waals surface area contributed by atoms with E-state index in [4.69, 9.17) is 9.84 Å². The Kier molecular flexibility index (Phi) is 3.62. The summed E-state index contributed by atoms with van der Waals surface area (Å²) in [5.41, 5.74) is 0.183. The van der Waals surface area contributed by atoms with E-state index in [1.54, 1.807) is 12.1 Å². The van der Waals surface area contributed by atoms with Gasteiger partial charge in [-0.1, -0.05) is 0 Å². The molecule has 3 nitrogen and oxygen atoms in total. The molecule has 0 aliphatic heterocycles. The molecule has 0 aliphatic carbocycles. The summed E-state index contributed by atoms with van der Waals surface area (Å²) in [5.74, 6) is -0.417. The molecule has 2 rings (SSSR count). The van der Waals surface area contributed by atoms with Crippen molar-refractivity contribution in [3.8, 4) is 11.5 Å². The molecule has 1 N–H and O–H groups in total. The highest BCUT2D eigenvalue weighted by Crippen LogP contribution is 2.26. The molecule has 0 radical (unpaired) electrons. The van der Waals surface area contributed by atoms with E-state index < -0.39 is 5.97 Å². The zero-order valence-corrected chi connectivity index (χ0v) is 10.6. The lowest BCUT2D eigenvalue weighted by Gasteiger charge is -2.06. The van der Waals surface area contributed by atoms with E-state index in [-0.39, 0.29) is 11.4 Å². The topological polar surface area (TPSA) is 46.5 Å². The molecule has 0 aromatic heterocycles. The Morgan fingerprint density at radius 1 is 1.11 bits per heavy atom. The SMILES string of the molecule is O=C(O)c1ccc(Oc2ccc(F)c(Br)c2)cc1. The van der Waals surface area contributed by atoms with Crippen molar-refractivity contribution in [2.24, 2.45) is 0 Å². The summed E-state index contributed by atoms with van der Waals surface area (Å²) in [6.45, 7) is 0. The van der Waals surface area contributed by atoms with Crippen LogP contribution in [0.2, 0.25) is 0 Å². The highest BCUT2D eigenvalue weighted by molar-refractivity contribution is 9.10. The number of hydrogen-bond acceptors (Lipinski definition) is 2. The average Bonchev–Trinajstić information content (AvgIpc) is 2.34. The second-order valence-corrected chi connectivity index (χ2v) is 4.36. The Morgan fingerprint density at radius 2 is 1.72 bits per heavy atom. The third-order valence-corrected chi connectivity index (χ3v) is 2.84. The van der Waals surface area contributed by atoms with Crippen molar-refractivity contribution in [3.63, 3.8) is 0 Å². The highest BCUT2D eigenvalue weighted by Gasteiger charge is 2.04. The lowest BCUT2D eigenvalue weighted by Crippen LogP contribution is -1.95. The van der Waals surface area contributed by atoms with Crippen molar-refractivity contribution in [2.75, 3.05) is 0 Å². The van der Waals surface area contributed by atoms with Gasteiger partial charge in [-0.15, -0.1) is 0 Å². The van der Waals surface area contributed by atoms with Gasteiger partial charge >= 0.3 is 5.97 Å². The molecule has 18 heavy (non-hydrogen) atoms. The summed E-state index contributed by atoms with van der Waals surface area (Å²) >= 11 is 3.06. The Balaban J connectivity index is 2.18. The van der Waals surface area contributed by atoms with Gasteiger partial charge in [0.15, 0.2) is 0 Å². The first-order chi connectivity index (χ1) is 8.56. The molecular weight excluding hydrogens is 303 g/mol. The van der Waals surface area contributed by atoms with Gasteiger partial charge in [-0.25, -0.2) is 9.18 Å². The van der Waals surface area contributed by atoms with E-state index in [1.165, 1.54) is 30.3 Å². The summed E-state index contributed by atoms with van der Waals surface area (Å²) < 4.78 is 18.8. The first-order valence-electron chi connectivity index (χ1n) is 5.02. The van der Waals surface area contributed by atoms with Crippen LogP contribution in [0.15, 0.2) is 46.9 Å². The second kappa shape index (κ2) is 5.18. The van der Waals surface area contributed by atoms with Crippen molar-refractivity contribution in [1.82, 2.24) is 0 Å².